The topological polar surface area (TPSA) is 35.5 Å². The first kappa shape index (κ1) is 10.5. The van der Waals surface area contributed by atoms with Crippen LogP contribution in [0.4, 0.5) is 0 Å². The van der Waals surface area contributed by atoms with Crippen LogP contribution in [0.3, 0.4) is 0 Å². The Morgan fingerprint density at radius 3 is 2.69 bits per heavy atom. The lowest BCUT2D eigenvalue weighted by molar-refractivity contribution is -0.143. The van der Waals surface area contributed by atoms with Crippen LogP contribution in [-0.2, 0) is 14.3 Å². The molecule has 2 fully saturated rings. The maximum absolute atomic E-state index is 12.0. The number of Topliss-reactive ketones (excluding diaryl/α,β-unsaturated/α-hetero) is 1. The van der Waals surface area contributed by atoms with Gasteiger partial charge in [0.25, 0.3) is 0 Å². The largest absolute Gasteiger partial charge is 0.344 e. The van der Waals surface area contributed by atoms with Crippen LogP contribution in [0, 0.1) is 5.41 Å². The van der Waals surface area contributed by atoms with Crippen LogP contribution in [0.1, 0.15) is 39.0 Å². The van der Waals surface area contributed by atoms with Gasteiger partial charge in [-0.3, -0.25) is 4.79 Å². The number of carbonyl (C=O) groups excluding carboxylic acids is 1. The van der Waals surface area contributed by atoms with Crippen molar-refractivity contribution < 1.29 is 14.3 Å². The Hall–Kier alpha value is -0.670. The zero-order valence-electron chi connectivity index (χ0n) is 9.75. The molecule has 3 heteroatoms. The van der Waals surface area contributed by atoms with Crippen molar-refractivity contribution in [1.29, 1.82) is 0 Å². The second-order valence-electron chi connectivity index (χ2n) is 5.29. The summed E-state index contributed by atoms with van der Waals surface area (Å²) in [5.41, 5.74) is 1.02. The van der Waals surface area contributed by atoms with E-state index in [4.69, 9.17) is 9.47 Å². The highest BCUT2D eigenvalue weighted by molar-refractivity contribution is 5.88. The summed E-state index contributed by atoms with van der Waals surface area (Å²) in [7, 11) is 0. The van der Waals surface area contributed by atoms with Gasteiger partial charge in [-0.25, -0.2) is 0 Å². The van der Waals surface area contributed by atoms with Crippen LogP contribution >= 0.6 is 0 Å². The highest BCUT2D eigenvalue weighted by atomic mass is 16.7. The van der Waals surface area contributed by atoms with Crippen LogP contribution in [0.15, 0.2) is 11.6 Å². The molecule has 1 saturated heterocycles. The molecule has 1 spiro atoms. The molecular weight excluding hydrogens is 204 g/mol. The Balaban J connectivity index is 1.96. The normalized spacial score (nSPS) is 37.3. The van der Waals surface area contributed by atoms with E-state index in [1.165, 1.54) is 5.57 Å². The molecule has 2 aliphatic carbocycles. The SMILES string of the molecule is C[C@@]12CCC3(C=C1CCCC2=O)OCCO3. The van der Waals surface area contributed by atoms with Gasteiger partial charge in [-0.2, -0.15) is 0 Å². The summed E-state index contributed by atoms with van der Waals surface area (Å²) in [6.45, 7) is 3.44. The van der Waals surface area contributed by atoms with E-state index in [2.05, 4.69) is 13.0 Å². The Labute approximate surface area is 95.8 Å². The van der Waals surface area contributed by atoms with Gasteiger partial charge in [0.2, 0.25) is 0 Å². The molecule has 3 rings (SSSR count). The lowest BCUT2D eigenvalue weighted by Gasteiger charge is -2.42. The molecular formula is C13H18O3. The molecule has 0 aromatic carbocycles. The summed E-state index contributed by atoms with van der Waals surface area (Å²) in [5, 5.41) is 0. The first-order valence-electron chi connectivity index (χ1n) is 6.18. The van der Waals surface area contributed by atoms with Gasteiger partial charge in [-0.15, -0.1) is 0 Å². The van der Waals surface area contributed by atoms with Gasteiger partial charge in [0.1, 0.15) is 5.78 Å². The molecule has 3 aliphatic rings. The van der Waals surface area contributed by atoms with E-state index in [1.54, 1.807) is 0 Å². The van der Waals surface area contributed by atoms with Crippen LogP contribution in [0.25, 0.3) is 0 Å². The minimum Gasteiger partial charge on any atom is -0.344 e. The molecule has 1 aliphatic heterocycles. The van der Waals surface area contributed by atoms with Crippen molar-refractivity contribution in [3.63, 3.8) is 0 Å². The molecule has 1 saturated carbocycles. The van der Waals surface area contributed by atoms with Crippen molar-refractivity contribution in [1.82, 2.24) is 0 Å². The van der Waals surface area contributed by atoms with Crippen molar-refractivity contribution in [2.75, 3.05) is 13.2 Å². The molecule has 0 aromatic rings. The smallest absolute Gasteiger partial charge is 0.188 e. The Morgan fingerprint density at radius 1 is 1.19 bits per heavy atom. The number of ether oxygens (including phenoxy) is 2. The molecule has 0 amide bonds. The first-order chi connectivity index (χ1) is 7.65. The van der Waals surface area contributed by atoms with E-state index >= 15 is 0 Å². The zero-order valence-corrected chi connectivity index (χ0v) is 9.75. The highest BCUT2D eigenvalue weighted by Crippen LogP contribution is 2.49. The lowest BCUT2D eigenvalue weighted by atomic mass is 9.64. The quantitative estimate of drug-likeness (QED) is 0.589. The number of carbonyl (C=O) groups is 1. The Bertz CT molecular complexity index is 352. The molecule has 88 valence electrons. The van der Waals surface area contributed by atoms with Crippen LogP contribution in [0.5, 0.6) is 0 Å². The summed E-state index contributed by atoms with van der Waals surface area (Å²) in [6, 6.07) is 0. The minimum atomic E-state index is -0.494. The number of hydrogen-bond donors (Lipinski definition) is 0. The summed E-state index contributed by atoms with van der Waals surface area (Å²) >= 11 is 0. The number of ketones is 1. The van der Waals surface area contributed by atoms with Gasteiger partial charge >= 0.3 is 0 Å². The number of fused-ring (bicyclic) bond motifs is 1. The highest BCUT2D eigenvalue weighted by Gasteiger charge is 2.48. The lowest BCUT2D eigenvalue weighted by Crippen LogP contribution is -2.42. The van der Waals surface area contributed by atoms with E-state index in [-0.39, 0.29) is 5.41 Å². The third kappa shape index (κ3) is 1.38. The van der Waals surface area contributed by atoms with E-state index in [9.17, 15) is 4.79 Å². The predicted octanol–water partition coefficient (Wildman–Crippen LogP) is 2.21. The van der Waals surface area contributed by atoms with Crippen LogP contribution < -0.4 is 0 Å². The predicted molar refractivity (Wildman–Crippen MR) is 58.9 cm³/mol. The zero-order chi connectivity index (χ0) is 11.2. The second kappa shape index (κ2) is 3.41. The van der Waals surface area contributed by atoms with Crippen LogP contribution in [-0.4, -0.2) is 24.8 Å². The minimum absolute atomic E-state index is 0.223. The van der Waals surface area contributed by atoms with E-state index < -0.39 is 5.79 Å². The number of rotatable bonds is 0. The summed E-state index contributed by atoms with van der Waals surface area (Å²) in [6.07, 6.45) is 6.53. The van der Waals surface area contributed by atoms with Crippen LogP contribution in [0.2, 0.25) is 0 Å². The van der Waals surface area contributed by atoms with Gasteiger partial charge < -0.3 is 9.47 Å². The summed E-state index contributed by atoms with van der Waals surface area (Å²) in [4.78, 5) is 12.0. The summed E-state index contributed by atoms with van der Waals surface area (Å²) < 4.78 is 11.4. The third-order valence-electron chi connectivity index (χ3n) is 4.32. The van der Waals surface area contributed by atoms with Crippen molar-refractivity contribution >= 4 is 5.78 Å². The van der Waals surface area contributed by atoms with Gasteiger partial charge in [-0.05, 0) is 32.3 Å². The summed E-state index contributed by atoms with van der Waals surface area (Å²) in [5.74, 6) is -0.0928. The fourth-order valence-electron chi connectivity index (χ4n) is 3.16. The molecule has 1 heterocycles. The van der Waals surface area contributed by atoms with Crippen molar-refractivity contribution in [3.8, 4) is 0 Å². The molecule has 0 bridgehead atoms. The third-order valence-corrected chi connectivity index (χ3v) is 4.32. The molecule has 0 unspecified atom stereocenters. The fourth-order valence-corrected chi connectivity index (χ4v) is 3.16. The Kier molecular flexibility index (Phi) is 2.23. The maximum atomic E-state index is 12.0. The van der Waals surface area contributed by atoms with Gasteiger partial charge in [-0.1, -0.05) is 5.57 Å². The van der Waals surface area contributed by atoms with Gasteiger partial charge in [0, 0.05) is 18.3 Å². The standard InChI is InChI=1S/C13H18O3/c1-12-5-6-13(15-7-8-16-13)9-10(12)3-2-4-11(12)14/h9H,2-8H2,1H3/t12-/m1/s1. The number of allylic oxidation sites excluding steroid dienone is 1. The van der Waals surface area contributed by atoms with Crippen molar-refractivity contribution in [2.24, 2.45) is 5.41 Å². The molecule has 0 aromatic heterocycles. The molecule has 1 atom stereocenters. The molecule has 3 nitrogen and oxygen atoms in total. The average molecular weight is 222 g/mol. The molecule has 0 radical (unpaired) electrons. The van der Waals surface area contributed by atoms with Crippen molar-refractivity contribution in [2.45, 2.75) is 44.8 Å². The maximum Gasteiger partial charge on any atom is 0.188 e. The van der Waals surface area contributed by atoms with Gasteiger partial charge in [0.05, 0.1) is 13.2 Å². The van der Waals surface area contributed by atoms with Crippen molar-refractivity contribution in [3.05, 3.63) is 11.6 Å². The second-order valence-corrected chi connectivity index (χ2v) is 5.29. The van der Waals surface area contributed by atoms with E-state index in [0.29, 0.717) is 19.0 Å². The average Bonchev–Trinajstić information content (AvgIpc) is 2.71. The Morgan fingerprint density at radius 2 is 1.94 bits per heavy atom. The van der Waals surface area contributed by atoms with Gasteiger partial charge in [0.15, 0.2) is 5.79 Å². The van der Waals surface area contributed by atoms with E-state index in [0.717, 1.165) is 32.1 Å². The number of hydrogen-bond acceptors (Lipinski definition) is 3. The fraction of sp³-hybridized carbons (Fsp3) is 0.769. The monoisotopic (exact) mass is 222 g/mol. The first-order valence-corrected chi connectivity index (χ1v) is 6.18. The molecule has 16 heavy (non-hydrogen) atoms. The van der Waals surface area contributed by atoms with E-state index in [1.807, 2.05) is 0 Å². The molecule has 0 N–H and O–H groups in total.